The van der Waals surface area contributed by atoms with Gasteiger partial charge in [-0.3, -0.25) is 0 Å². The van der Waals surface area contributed by atoms with Crippen LogP contribution in [0.5, 0.6) is 0 Å². The minimum atomic E-state index is 0.823. The van der Waals surface area contributed by atoms with Gasteiger partial charge < -0.3 is 13.7 Å². The van der Waals surface area contributed by atoms with Crippen LogP contribution in [-0.4, -0.2) is 0 Å². The van der Waals surface area contributed by atoms with Crippen molar-refractivity contribution in [3.63, 3.8) is 0 Å². The van der Waals surface area contributed by atoms with Crippen LogP contribution in [0, 0.1) is 0 Å². The fourth-order valence-electron chi connectivity index (χ4n) is 7.48. The molecule has 2 aromatic heterocycles. The lowest BCUT2D eigenvalue weighted by molar-refractivity contribution is 0.663. The summed E-state index contributed by atoms with van der Waals surface area (Å²) in [7, 11) is 0. The number of rotatable bonds is 6. The van der Waals surface area contributed by atoms with Gasteiger partial charge in [0.1, 0.15) is 16.7 Å². The van der Waals surface area contributed by atoms with E-state index in [0.29, 0.717) is 0 Å². The van der Waals surface area contributed by atoms with Crippen molar-refractivity contribution >= 4 is 60.9 Å². The number of fused-ring (bicyclic) bond motifs is 7. The summed E-state index contributed by atoms with van der Waals surface area (Å²) < 4.78 is 13.3. The Morgan fingerprint density at radius 3 is 1.37 bits per heavy atom. The zero-order chi connectivity index (χ0) is 33.7. The monoisotopic (exact) mass is 653 g/mol. The fraction of sp³-hybridized carbons (Fsp3) is 0. The third kappa shape index (κ3) is 4.90. The van der Waals surface area contributed by atoms with Gasteiger partial charge in [-0.1, -0.05) is 140 Å². The first-order chi connectivity index (χ1) is 25.3. The average Bonchev–Trinajstić information content (AvgIpc) is 3.78. The Kier molecular flexibility index (Phi) is 6.81. The molecule has 0 atom stereocenters. The molecule has 0 spiro atoms. The average molecular weight is 654 g/mol. The molecule has 51 heavy (non-hydrogen) atoms. The third-order valence-corrected chi connectivity index (χ3v) is 9.89. The molecule has 0 saturated carbocycles. The van der Waals surface area contributed by atoms with E-state index in [1.807, 2.05) is 24.3 Å². The molecule has 0 aliphatic heterocycles. The van der Waals surface area contributed by atoms with Crippen molar-refractivity contribution in [2.24, 2.45) is 0 Å². The number of hydrogen-bond donors (Lipinski definition) is 0. The summed E-state index contributed by atoms with van der Waals surface area (Å²) in [5.74, 6) is 0. The quantitative estimate of drug-likeness (QED) is 0.179. The standard InChI is InChI=1S/C48H31NO2/c1-4-12-32(13-5-1)34-20-24-37(25-21-34)49(38-26-22-35(23-27-38)33-14-6-2-7-15-33)47-39(36-16-8-3-9-17-36)28-29-41-46-44(51-48(41)47)31-30-43-45(46)40-18-10-11-19-42(40)50-43/h1-31H. The van der Waals surface area contributed by atoms with E-state index in [4.69, 9.17) is 8.83 Å². The molecule has 0 aliphatic carbocycles. The first-order valence-electron chi connectivity index (χ1n) is 17.3. The highest BCUT2D eigenvalue weighted by Crippen LogP contribution is 2.49. The summed E-state index contributed by atoms with van der Waals surface area (Å²) in [6, 6.07) is 66.1. The fourth-order valence-corrected chi connectivity index (χ4v) is 7.48. The molecule has 0 N–H and O–H groups in total. The first-order valence-corrected chi connectivity index (χ1v) is 17.3. The predicted octanol–water partition coefficient (Wildman–Crippen LogP) is 14.0. The molecule has 8 aromatic carbocycles. The molecule has 0 radical (unpaired) electrons. The Labute approximate surface area is 295 Å². The minimum absolute atomic E-state index is 0.823. The summed E-state index contributed by atoms with van der Waals surface area (Å²) >= 11 is 0. The highest BCUT2D eigenvalue weighted by molar-refractivity contribution is 6.27. The van der Waals surface area contributed by atoms with E-state index >= 15 is 0 Å². The van der Waals surface area contributed by atoms with Crippen molar-refractivity contribution in [1.82, 2.24) is 0 Å². The molecule has 240 valence electrons. The molecule has 0 saturated heterocycles. The van der Waals surface area contributed by atoms with Crippen LogP contribution in [0.15, 0.2) is 197 Å². The lowest BCUT2D eigenvalue weighted by Gasteiger charge is -2.28. The summed E-state index contributed by atoms with van der Waals surface area (Å²) in [5, 5.41) is 4.27. The summed E-state index contributed by atoms with van der Waals surface area (Å²) in [4.78, 5) is 2.35. The molecule has 2 heterocycles. The maximum Gasteiger partial charge on any atom is 0.160 e. The summed E-state index contributed by atoms with van der Waals surface area (Å²) in [6.07, 6.45) is 0. The van der Waals surface area contributed by atoms with Crippen LogP contribution < -0.4 is 4.90 Å². The molecule has 10 aromatic rings. The van der Waals surface area contributed by atoms with Crippen LogP contribution in [0.3, 0.4) is 0 Å². The van der Waals surface area contributed by atoms with Gasteiger partial charge in [0, 0.05) is 38.5 Å². The van der Waals surface area contributed by atoms with Gasteiger partial charge in [-0.25, -0.2) is 0 Å². The molecule has 0 aliphatic rings. The van der Waals surface area contributed by atoms with Crippen LogP contribution in [0.4, 0.5) is 17.1 Å². The lowest BCUT2D eigenvalue weighted by Crippen LogP contribution is -2.11. The van der Waals surface area contributed by atoms with Crippen LogP contribution in [0.2, 0.25) is 0 Å². The number of hydrogen-bond acceptors (Lipinski definition) is 3. The van der Waals surface area contributed by atoms with Gasteiger partial charge in [0.15, 0.2) is 5.58 Å². The number of benzene rings is 8. The molecular formula is C48H31NO2. The zero-order valence-corrected chi connectivity index (χ0v) is 27.7. The van der Waals surface area contributed by atoms with E-state index in [2.05, 4.69) is 169 Å². The van der Waals surface area contributed by atoms with Gasteiger partial charge in [-0.05, 0) is 76.3 Å². The van der Waals surface area contributed by atoms with Gasteiger partial charge in [0.2, 0.25) is 0 Å². The molecule has 3 nitrogen and oxygen atoms in total. The molecular weight excluding hydrogens is 623 g/mol. The Balaban J connectivity index is 1.27. The van der Waals surface area contributed by atoms with Crippen molar-refractivity contribution < 1.29 is 8.83 Å². The third-order valence-electron chi connectivity index (χ3n) is 9.89. The van der Waals surface area contributed by atoms with Gasteiger partial charge in [0.05, 0.1) is 5.69 Å². The summed E-state index contributed by atoms with van der Waals surface area (Å²) in [5.41, 5.74) is 13.3. The second-order valence-corrected chi connectivity index (χ2v) is 12.9. The first kappa shape index (κ1) is 29.1. The molecule has 0 fully saturated rings. The van der Waals surface area contributed by atoms with Gasteiger partial charge in [0.25, 0.3) is 0 Å². The van der Waals surface area contributed by atoms with Gasteiger partial charge >= 0.3 is 0 Å². The molecule has 0 unspecified atom stereocenters. The topological polar surface area (TPSA) is 29.5 Å². The maximum atomic E-state index is 7.00. The molecule has 0 bridgehead atoms. The molecule has 3 heteroatoms. The van der Waals surface area contributed by atoms with Crippen molar-refractivity contribution in [1.29, 1.82) is 0 Å². The Morgan fingerprint density at radius 1 is 0.314 bits per heavy atom. The highest BCUT2D eigenvalue weighted by atomic mass is 16.3. The predicted molar refractivity (Wildman–Crippen MR) is 212 cm³/mol. The number of furan rings is 2. The second-order valence-electron chi connectivity index (χ2n) is 12.9. The highest BCUT2D eigenvalue weighted by Gasteiger charge is 2.25. The Hall–Kier alpha value is -6.84. The van der Waals surface area contributed by atoms with Crippen LogP contribution in [0.1, 0.15) is 0 Å². The lowest BCUT2D eigenvalue weighted by atomic mass is 9.97. The Bertz CT molecular complexity index is 2730. The van der Waals surface area contributed by atoms with Crippen molar-refractivity contribution in [2.45, 2.75) is 0 Å². The van der Waals surface area contributed by atoms with E-state index < -0.39 is 0 Å². The largest absolute Gasteiger partial charge is 0.456 e. The van der Waals surface area contributed by atoms with Gasteiger partial charge in [-0.2, -0.15) is 0 Å². The number of para-hydroxylation sites is 1. The van der Waals surface area contributed by atoms with E-state index in [1.54, 1.807) is 0 Å². The van der Waals surface area contributed by atoms with Crippen molar-refractivity contribution in [2.75, 3.05) is 4.90 Å². The van der Waals surface area contributed by atoms with Crippen LogP contribution in [-0.2, 0) is 0 Å². The SMILES string of the molecule is c1ccc(-c2ccc(N(c3ccc(-c4ccccc4)cc3)c3c(-c4ccccc4)ccc4c3oc3ccc5oc6ccccc6c5c34)cc2)cc1. The second kappa shape index (κ2) is 11.9. The van der Waals surface area contributed by atoms with E-state index in [-0.39, 0.29) is 0 Å². The number of anilines is 3. The maximum absolute atomic E-state index is 7.00. The molecule has 0 amide bonds. The summed E-state index contributed by atoms with van der Waals surface area (Å²) in [6.45, 7) is 0. The van der Waals surface area contributed by atoms with Crippen molar-refractivity contribution in [3.8, 4) is 33.4 Å². The van der Waals surface area contributed by atoms with Crippen LogP contribution in [0.25, 0.3) is 77.3 Å². The number of nitrogens with zero attached hydrogens (tertiary/aromatic N) is 1. The zero-order valence-electron chi connectivity index (χ0n) is 27.7. The van der Waals surface area contributed by atoms with E-state index in [1.165, 1.54) is 11.1 Å². The van der Waals surface area contributed by atoms with E-state index in [9.17, 15) is 0 Å². The molecule has 10 rings (SSSR count). The van der Waals surface area contributed by atoms with Crippen LogP contribution >= 0.6 is 0 Å². The van der Waals surface area contributed by atoms with E-state index in [0.717, 1.165) is 83.2 Å². The minimum Gasteiger partial charge on any atom is -0.456 e. The normalized spacial score (nSPS) is 11.5. The van der Waals surface area contributed by atoms with Crippen molar-refractivity contribution in [3.05, 3.63) is 188 Å². The Morgan fingerprint density at radius 2 is 0.784 bits per heavy atom. The smallest absolute Gasteiger partial charge is 0.160 e. The van der Waals surface area contributed by atoms with Gasteiger partial charge in [-0.15, -0.1) is 0 Å².